The Bertz CT molecular complexity index is 1500. The van der Waals surface area contributed by atoms with Crippen molar-refractivity contribution in [3.8, 4) is 0 Å². The van der Waals surface area contributed by atoms with Gasteiger partial charge in [0.15, 0.2) is 0 Å². The van der Waals surface area contributed by atoms with Gasteiger partial charge in [-0.15, -0.1) is 0 Å². The van der Waals surface area contributed by atoms with Crippen LogP contribution < -0.4 is 16.4 Å². The third-order valence-corrected chi connectivity index (χ3v) is 7.59. The lowest BCUT2D eigenvalue weighted by Gasteiger charge is -2.39. The van der Waals surface area contributed by atoms with Crippen molar-refractivity contribution in [3.05, 3.63) is 77.9 Å². The Kier molecular flexibility index (Phi) is 12.1. The molecule has 3 atom stereocenters. The molecule has 0 fully saturated rings. The number of fused-ring (bicyclic) bond motifs is 1. The number of nitrogens with one attached hydrogen (secondary N) is 2. The molecule has 3 rings (SSSR count). The number of carbonyl (C=O) groups excluding carboxylic acids is 4. The summed E-state index contributed by atoms with van der Waals surface area (Å²) in [4.78, 5) is 55.3. The van der Waals surface area contributed by atoms with Crippen molar-refractivity contribution in [1.29, 1.82) is 0 Å². The van der Waals surface area contributed by atoms with Crippen LogP contribution in [-0.2, 0) is 19.1 Å². The molecule has 0 aliphatic carbocycles. The van der Waals surface area contributed by atoms with Crippen molar-refractivity contribution < 1.29 is 23.9 Å². The van der Waals surface area contributed by atoms with Crippen LogP contribution in [0.4, 0.5) is 10.5 Å². The van der Waals surface area contributed by atoms with Crippen LogP contribution in [0.2, 0.25) is 0 Å². The summed E-state index contributed by atoms with van der Waals surface area (Å²) in [6.45, 7) is 13.2. The minimum Gasteiger partial charge on any atom is -0.444 e. The fourth-order valence-electron chi connectivity index (χ4n) is 5.27. The van der Waals surface area contributed by atoms with Gasteiger partial charge in [-0.3, -0.25) is 14.4 Å². The number of rotatable bonds is 13. The average Bonchev–Trinajstić information content (AvgIpc) is 2.95. The van der Waals surface area contributed by atoms with Gasteiger partial charge < -0.3 is 26.0 Å². The van der Waals surface area contributed by atoms with E-state index in [0.29, 0.717) is 23.6 Å². The van der Waals surface area contributed by atoms with Crippen molar-refractivity contribution in [2.45, 2.75) is 97.9 Å². The summed E-state index contributed by atoms with van der Waals surface area (Å²) < 4.78 is 5.45. The predicted octanol–water partition coefficient (Wildman–Crippen LogP) is 6.64. The second kappa shape index (κ2) is 15.5. The van der Waals surface area contributed by atoms with E-state index in [-0.39, 0.29) is 12.8 Å². The summed E-state index contributed by atoms with van der Waals surface area (Å²) >= 11 is 0. The molecule has 0 aliphatic rings. The second-order valence-corrected chi connectivity index (χ2v) is 13.1. The first-order chi connectivity index (χ1) is 21.2. The largest absolute Gasteiger partial charge is 0.444 e. The zero-order chi connectivity index (χ0) is 33.3. The molecule has 242 valence electrons. The van der Waals surface area contributed by atoms with Crippen LogP contribution in [0.3, 0.4) is 0 Å². The minimum atomic E-state index is -1.16. The Morgan fingerprint density at radius 3 is 2.13 bits per heavy atom. The SMILES string of the molecule is Cc1ccccc1C(C(=O)Nc1ccc2ccccc2c1)N(C(=O)C(CCC(N)=O)NC(=O)OC(C)(C)C)C(C)CCC(C)C. The first-order valence-electron chi connectivity index (χ1n) is 15.6. The Balaban J connectivity index is 2.11. The summed E-state index contributed by atoms with van der Waals surface area (Å²) in [5, 5.41) is 7.73. The molecule has 3 unspecified atom stereocenters. The van der Waals surface area contributed by atoms with E-state index in [1.807, 2.05) is 80.6 Å². The van der Waals surface area contributed by atoms with Crippen LogP contribution in [0.15, 0.2) is 66.7 Å². The number of alkyl carbamates (subject to hydrolysis) is 1. The van der Waals surface area contributed by atoms with E-state index >= 15 is 0 Å². The molecule has 0 aliphatic heterocycles. The van der Waals surface area contributed by atoms with Crippen LogP contribution in [-0.4, -0.2) is 46.4 Å². The number of nitrogens with two attached hydrogens (primary N) is 1. The molecule has 0 aromatic heterocycles. The average molecular weight is 617 g/mol. The van der Waals surface area contributed by atoms with Gasteiger partial charge in [0.05, 0.1) is 0 Å². The molecular formula is C36H48N4O5. The quantitative estimate of drug-likeness (QED) is 0.198. The lowest BCUT2D eigenvalue weighted by atomic mass is 9.94. The van der Waals surface area contributed by atoms with Crippen LogP contribution >= 0.6 is 0 Å². The lowest BCUT2D eigenvalue weighted by molar-refractivity contribution is -0.143. The van der Waals surface area contributed by atoms with Gasteiger partial charge in [-0.2, -0.15) is 0 Å². The normalized spacial score (nSPS) is 13.5. The van der Waals surface area contributed by atoms with E-state index in [2.05, 4.69) is 24.5 Å². The summed E-state index contributed by atoms with van der Waals surface area (Å²) in [5.41, 5.74) is 6.74. The van der Waals surface area contributed by atoms with Crippen molar-refractivity contribution in [2.24, 2.45) is 11.7 Å². The molecule has 9 heteroatoms. The van der Waals surface area contributed by atoms with Crippen molar-refractivity contribution in [3.63, 3.8) is 0 Å². The van der Waals surface area contributed by atoms with Crippen molar-refractivity contribution in [1.82, 2.24) is 10.2 Å². The van der Waals surface area contributed by atoms with Gasteiger partial charge in [0.1, 0.15) is 17.7 Å². The molecule has 0 bridgehead atoms. The molecule has 0 heterocycles. The van der Waals surface area contributed by atoms with Crippen LogP contribution in [0, 0.1) is 12.8 Å². The molecule has 9 nitrogen and oxygen atoms in total. The molecule has 0 radical (unpaired) electrons. The number of anilines is 1. The van der Waals surface area contributed by atoms with E-state index in [1.54, 1.807) is 25.7 Å². The van der Waals surface area contributed by atoms with E-state index in [0.717, 1.165) is 22.8 Å². The highest BCUT2D eigenvalue weighted by atomic mass is 16.6. The first kappa shape index (κ1) is 35.1. The number of ether oxygens (including phenoxy) is 1. The fourth-order valence-corrected chi connectivity index (χ4v) is 5.27. The Morgan fingerprint density at radius 1 is 0.867 bits per heavy atom. The van der Waals surface area contributed by atoms with Crippen LogP contribution in [0.25, 0.3) is 10.8 Å². The summed E-state index contributed by atoms with van der Waals surface area (Å²) in [6, 6.07) is 18.4. The fraction of sp³-hybridized carbons (Fsp3) is 0.444. The maximum atomic E-state index is 14.6. The van der Waals surface area contributed by atoms with Gasteiger partial charge >= 0.3 is 6.09 Å². The van der Waals surface area contributed by atoms with Gasteiger partial charge in [-0.05, 0) is 93.8 Å². The standard InChI is InChI=1S/C36H48N4O5/c1-23(2)16-17-25(4)40(34(43)30(20-21-31(37)41)39-35(44)45-36(5,6)7)32(29-15-11-8-12-24(29)3)33(42)38-28-19-18-26-13-9-10-14-27(26)22-28/h8-15,18-19,22-23,25,30,32H,16-17,20-21H2,1-7H3,(H2,37,41)(H,38,42)(H,39,44). The summed E-state index contributed by atoms with van der Waals surface area (Å²) in [7, 11) is 0. The lowest BCUT2D eigenvalue weighted by Crippen LogP contribution is -2.55. The van der Waals surface area contributed by atoms with Gasteiger partial charge in [0, 0.05) is 18.2 Å². The van der Waals surface area contributed by atoms with E-state index in [4.69, 9.17) is 10.5 Å². The highest BCUT2D eigenvalue weighted by Gasteiger charge is 2.39. The molecule has 3 aromatic carbocycles. The van der Waals surface area contributed by atoms with Crippen LogP contribution in [0.5, 0.6) is 0 Å². The number of benzene rings is 3. The molecule has 0 saturated carbocycles. The monoisotopic (exact) mass is 616 g/mol. The van der Waals surface area contributed by atoms with Gasteiger partial charge in [0.2, 0.25) is 11.8 Å². The van der Waals surface area contributed by atoms with Crippen LogP contribution in [0.1, 0.15) is 84.4 Å². The van der Waals surface area contributed by atoms with Crippen molar-refractivity contribution in [2.75, 3.05) is 5.32 Å². The highest BCUT2D eigenvalue weighted by Crippen LogP contribution is 2.31. The molecule has 45 heavy (non-hydrogen) atoms. The van der Waals surface area contributed by atoms with Gasteiger partial charge in [0.25, 0.3) is 5.91 Å². The molecule has 3 aromatic rings. The number of amides is 4. The zero-order valence-corrected chi connectivity index (χ0v) is 27.6. The van der Waals surface area contributed by atoms with E-state index < -0.39 is 47.5 Å². The van der Waals surface area contributed by atoms with Gasteiger partial charge in [-0.25, -0.2) is 4.79 Å². The number of aryl methyl sites for hydroxylation is 1. The number of hydrogen-bond donors (Lipinski definition) is 3. The highest BCUT2D eigenvalue weighted by molar-refractivity contribution is 6.00. The zero-order valence-electron chi connectivity index (χ0n) is 27.6. The Morgan fingerprint density at radius 2 is 1.51 bits per heavy atom. The maximum Gasteiger partial charge on any atom is 0.408 e. The molecule has 4 N–H and O–H groups in total. The molecule has 0 spiro atoms. The number of nitrogens with zero attached hydrogens (tertiary/aromatic N) is 1. The predicted molar refractivity (Wildman–Crippen MR) is 178 cm³/mol. The van der Waals surface area contributed by atoms with Crippen molar-refractivity contribution >= 4 is 40.3 Å². The topological polar surface area (TPSA) is 131 Å². The van der Waals surface area contributed by atoms with Gasteiger partial charge in [-0.1, -0.05) is 68.4 Å². The summed E-state index contributed by atoms with van der Waals surface area (Å²) in [6.07, 6.45) is 0.438. The number of primary amides is 1. The smallest absolute Gasteiger partial charge is 0.408 e. The molecular weight excluding hydrogens is 568 g/mol. The molecule has 4 amide bonds. The second-order valence-electron chi connectivity index (χ2n) is 13.1. The van der Waals surface area contributed by atoms with E-state index in [9.17, 15) is 19.2 Å². The minimum absolute atomic E-state index is 0.0480. The molecule has 0 saturated heterocycles. The Hall–Kier alpha value is -4.40. The van der Waals surface area contributed by atoms with E-state index in [1.165, 1.54) is 0 Å². The number of hydrogen-bond acceptors (Lipinski definition) is 5. The Labute approximate surface area is 266 Å². The summed E-state index contributed by atoms with van der Waals surface area (Å²) in [5.74, 6) is -1.14. The maximum absolute atomic E-state index is 14.6. The third kappa shape index (κ3) is 10.3. The third-order valence-electron chi connectivity index (χ3n) is 7.59. The first-order valence-corrected chi connectivity index (χ1v) is 15.6. The number of carbonyl (C=O) groups is 4.